The predicted molar refractivity (Wildman–Crippen MR) is 68.5 cm³/mol. The SMILES string of the molecule is COC(=O)c1cccc2c1NC(C)(C)C[C@H]2C. The second kappa shape index (κ2) is 4.06. The van der Waals surface area contributed by atoms with E-state index in [0.29, 0.717) is 11.5 Å². The molecule has 92 valence electrons. The minimum absolute atomic E-state index is 0.0105. The zero-order valence-corrected chi connectivity index (χ0v) is 10.8. The fourth-order valence-electron chi connectivity index (χ4n) is 2.67. The maximum atomic E-state index is 11.7. The number of carbonyl (C=O) groups is 1. The van der Waals surface area contributed by atoms with Crippen LogP contribution in [0.25, 0.3) is 0 Å². The first-order valence-electron chi connectivity index (χ1n) is 5.94. The van der Waals surface area contributed by atoms with Gasteiger partial charge in [0.15, 0.2) is 0 Å². The lowest BCUT2D eigenvalue weighted by atomic mass is 9.81. The zero-order valence-electron chi connectivity index (χ0n) is 10.8. The maximum Gasteiger partial charge on any atom is 0.339 e. The van der Waals surface area contributed by atoms with E-state index in [9.17, 15) is 4.79 Å². The minimum atomic E-state index is -0.278. The van der Waals surface area contributed by atoms with E-state index in [-0.39, 0.29) is 11.5 Å². The highest BCUT2D eigenvalue weighted by Gasteiger charge is 2.31. The standard InChI is InChI=1S/C14H19NO2/c1-9-8-14(2,3)15-12-10(9)6-5-7-11(12)13(16)17-4/h5-7,9,15H,8H2,1-4H3/t9-/m1/s1. The second-order valence-electron chi connectivity index (χ2n) is 5.38. The van der Waals surface area contributed by atoms with Crippen molar-refractivity contribution in [3.05, 3.63) is 29.3 Å². The van der Waals surface area contributed by atoms with Gasteiger partial charge in [-0.1, -0.05) is 19.1 Å². The largest absolute Gasteiger partial charge is 0.465 e. The summed E-state index contributed by atoms with van der Waals surface area (Å²) in [5, 5.41) is 3.45. The van der Waals surface area contributed by atoms with Crippen molar-refractivity contribution in [1.29, 1.82) is 0 Å². The Balaban J connectivity index is 2.53. The number of methoxy groups -OCH3 is 1. The van der Waals surface area contributed by atoms with E-state index < -0.39 is 0 Å². The molecule has 0 amide bonds. The van der Waals surface area contributed by atoms with Crippen molar-refractivity contribution >= 4 is 11.7 Å². The molecule has 1 aliphatic heterocycles. The van der Waals surface area contributed by atoms with Crippen molar-refractivity contribution in [2.75, 3.05) is 12.4 Å². The van der Waals surface area contributed by atoms with E-state index in [1.807, 2.05) is 12.1 Å². The molecule has 3 heteroatoms. The molecule has 17 heavy (non-hydrogen) atoms. The van der Waals surface area contributed by atoms with Crippen LogP contribution in [0.1, 0.15) is 49.0 Å². The van der Waals surface area contributed by atoms with E-state index in [4.69, 9.17) is 4.74 Å². The molecule has 1 aliphatic rings. The van der Waals surface area contributed by atoms with Crippen LogP contribution in [0.4, 0.5) is 5.69 Å². The number of esters is 1. The molecule has 1 N–H and O–H groups in total. The van der Waals surface area contributed by atoms with Gasteiger partial charge in [-0.3, -0.25) is 0 Å². The summed E-state index contributed by atoms with van der Waals surface area (Å²) in [4.78, 5) is 11.7. The van der Waals surface area contributed by atoms with Crippen LogP contribution in [0.5, 0.6) is 0 Å². The number of hydrogen-bond acceptors (Lipinski definition) is 3. The molecule has 0 bridgehead atoms. The molecule has 0 spiro atoms. The third-order valence-electron chi connectivity index (χ3n) is 3.31. The van der Waals surface area contributed by atoms with Gasteiger partial charge >= 0.3 is 5.97 Å². The van der Waals surface area contributed by atoms with E-state index in [2.05, 4.69) is 32.2 Å². The minimum Gasteiger partial charge on any atom is -0.465 e. The molecule has 0 aliphatic carbocycles. The number of nitrogens with one attached hydrogen (secondary N) is 1. The van der Waals surface area contributed by atoms with E-state index in [1.54, 1.807) is 0 Å². The number of benzene rings is 1. The molecule has 0 saturated heterocycles. The zero-order chi connectivity index (χ0) is 12.6. The molecule has 2 rings (SSSR count). The Hall–Kier alpha value is -1.51. The summed E-state index contributed by atoms with van der Waals surface area (Å²) >= 11 is 0. The van der Waals surface area contributed by atoms with Gasteiger partial charge in [0.25, 0.3) is 0 Å². The first kappa shape index (κ1) is 12.0. The first-order valence-corrected chi connectivity index (χ1v) is 5.94. The molecule has 0 unspecified atom stereocenters. The number of rotatable bonds is 1. The topological polar surface area (TPSA) is 38.3 Å². The Labute approximate surface area is 102 Å². The lowest BCUT2D eigenvalue weighted by Crippen LogP contribution is -2.37. The van der Waals surface area contributed by atoms with Crippen LogP contribution in [-0.2, 0) is 4.74 Å². The summed E-state index contributed by atoms with van der Waals surface area (Å²) in [5.41, 5.74) is 2.77. The summed E-state index contributed by atoms with van der Waals surface area (Å²) in [5.74, 6) is 0.171. The van der Waals surface area contributed by atoms with Crippen molar-refractivity contribution in [3.63, 3.8) is 0 Å². The third kappa shape index (κ3) is 2.14. The lowest BCUT2D eigenvalue weighted by molar-refractivity contribution is 0.0601. The molecule has 0 fully saturated rings. The van der Waals surface area contributed by atoms with Crippen LogP contribution in [0.2, 0.25) is 0 Å². The Morgan fingerprint density at radius 2 is 2.18 bits per heavy atom. The fraction of sp³-hybridized carbons (Fsp3) is 0.500. The van der Waals surface area contributed by atoms with Crippen LogP contribution in [0.15, 0.2) is 18.2 Å². The maximum absolute atomic E-state index is 11.7. The monoisotopic (exact) mass is 233 g/mol. The summed E-state index contributed by atoms with van der Waals surface area (Å²) in [6.45, 7) is 6.50. The van der Waals surface area contributed by atoms with Gasteiger partial charge in [0.05, 0.1) is 18.4 Å². The van der Waals surface area contributed by atoms with Gasteiger partial charge < -0.3 is 10.1 Å². The van der Waals surface area contributed by atoms with Gasteiger partial charge in [0, 0.05) is 5.54 Å². The van der Waals surface area contributed by atoms with Crippen LogP contribution in [0.3, 0.4) is 0 Å². The Kier molecular flexibility index (Phi) is 2.86. The highest BCUT2D eigenvalue weighted by molar-refractivity contribution is 5.97. The molecule has 1 atom stereocenters. The Morgan fingerprint density at radius 3 is 2.82 bits per heavy atom. The molecule has 1 aromatic rings. The smallest absolute Gasteiger partial charge is 0.339 e. The fourth-order valence-corrected chi connectivity index (χ4v) is 2.67. The van der Waals surface area contributed by atoms with Crippen molar-refractivity contribution in [2.45, 2.75) is 38.6 Å². The van der Waals surface area contributed by atoms with Gasteiger partial charge in [-0.05, 0) is 37.8 Å². The number of hydrogen-bond donors (Lipinski definition) is 1. The third-order valence-corrected chi connectivity index (χ3v) is 3.31. The number of fused-ring (bicyclic) bond motifs is 1. The molecular weight excluding hydrogens is 214 g/mol. The molecular formula is C14H19NO2. The highest BCUT2D eigenvalue weighted by Crippen LogP contribution is 2.40. The van der Waals surface area contributed by atoms with Gasteiger partial charge in [-0.25, -0.2) is 4.79 Å². The van der Waals surface area contributed by atoms with Crippen LogP contribution >= 0.6 is 0 Å². The van der Waals surface area contributed by atoms with Crippen LogP contribution < -0.4 is 5.32 Å². The highest BCUT2D eigenvalue weighted by atomic mass is 16.5. The summed E-state index contributed by atoms with van der Waals surface area (Å²) in [6.07, 6.45) is 1.06. The summed E-state index contributed by atoms with van der Waals surface area (Å²) < 4.78 is 4.83. The van der Waals surface area contributed by atoms with Gasteiger partial charge in [0.1, 0.15) is 0 Å². The number of carbonyl (C=O) groups excluding carboxylic acids is 1. The van der Waals surface area contributed by atoms with Gasteiger partial charge in [-0.2, -0.15) is 0 Å². The molecule has 0 saturated carbocycles. The first-order chi connectivity index (χ1) is 7.94. The van der Waals surface area contributed by atoms with E-state index in [1.165, 1.54) is 12.7 Å². The predicted octanol–water partition coefficient (Wildman–Crippen LogP) is 3.17. The lowest BCUT2D eigenvalue weighted by Gasteiger charge is -2.38. The van der Waals surface area contributed by atoms with Gasteiger partial charge in [0.2, 0.25) is 0 Å². The quantitative estimate of drug-likeness (QED) is 0.757. The number of anilines is 1. The van der Waals surface area contributed by atoms with Crippen molar-refractivity contribution in [1.82, 2.24) is 0 Å². The average Bonchev–Trinajstić information content (AvgIpc) is 2.26. The van der Waals surface area contributed by atoms with Crippen molar-refractivity contribution in [2.24, 2.45) is 0 Å². The molecule has 0 radical (unpaired) electrons. The summed E-state index contributed by atoms with van der Waals surface area (Å²) in [6, 6.07) is 5.81. The molecule has 1 aromatic carbocycles. The van der Waals surface area contributed by atoms with Gasteiger partial charge in [-0.15, -0.1) is 0 Å². The molecule has 1 heterocycles. The molecule has 3 nitrogen and oxygen atoms in total. The van der Waals surface area contributed by atoms with E-state index in [0.717, 1.165) is 12.1 Å². The van der Waals surface area contributed by atoms with Crippen LogP contribution in [-0.4, -0.2) is 18.6 Å². The van der Waals surface area contributed by atoms with E-state index >= 15 is 0 Å². The molecule has 0 aromatic heterocycles. The normalized spacial score (nSPS) is 21.3. The summed E-state index contributed by atoms with van der Waals surface area (Å²) in [7, 11) is 1.42. The number of para-hydroxylation sites is 1. The van der Waals surface area contributed by atoms with Crippen molar-refractivity contribution < 1.29 is 9.53 Å². The number of ether oxygens (including phenoxy) is 1. The van der Waals surface area contributed by atoms with Crippen molar-refractivity contribution in [3.8, 4) is 0 Å². The Bertz CT molecular complexity index is 452. The second-order valence-corrected chi connectivity index (χ2v) is 5.38. The average molecular weight is 233 g/mol. The Morgan fingerprint density at radius 1 is 1.47 bits per heavy atom. The van der Waals surface area contributed by atoms with Crippen LogP contribution in [0, 0.1) is 0 Å².